The predicted molar refractivity (Wildman–Crippen MR) is 121 cm³/mol. The van der Waals surface area contributed by atoms with Gasteiger partial charge in [0.15, 0.2) is 5.69 Å². The molecular formula is C22H22ClN5O3. The lowest BCUT2D eigenvalue weighted by Crippen LogP contribution is -2.33. The van der Waals surface area contributed by atoms with Crippen molar-refractivity contribution in [3.05, 3.63) is 63.5 Å². The van der Waals surface area contributed by atoms with Gasteiger partial charge in [-0.05, 0) is 43.5 Å². The first kappa shape index (κ1) is 20.9. The summed E-state index contributed by atoms with van der Waals surface area (Å²) in [6.45, 7) is 1.44. The molecule has 0 bridgehead atoms. The second-order valence-electron chi connectivity index (χ2n) is 7.48. The summed E-state index contributed by atoms with van der Waals surface area (Å²) in [5.74, 6) is -1.23. The van der Waals surface area contributed by atoms with Crippen LogP contribution in [0.25, 0.3) is 10.8 Å². The van der Waals surface area contributed by atoms with E-state index in [1.165, 1.54) is 6.42 Å². The van der Waals surface area contributed by atoms with E-state index in [1.807, 2.05) is 6.07 Å². The van der Waals surface area contributed by atoms with Gasteiger partial charge in [0.2, 0.25) is 5.91 Å². The minimum Gasteiger partial charge on any atom is -0.370 e. The normalized spacial score (nSPS) is 13.9. The second-order valence-corrected chi connectivity index (χ2v) is 7.92. The maximum absolute atomic E-state index is 12.8. The van der Waals surface area contributed by atoms with Gasteiger partial charge in [-0.15, -0.1) is 0 Å². The molecule has 1 saturated heterocycles. The van der Waals surface area contributed by atoms with E-state index in [0.717, 1.165) is 36.3 Å². The molecule has 0 atom stereocenters. The van der Waals surface area contributed by atoms with Gasteiger partial charge in [-0.25, -0.2) is 4.68 Å². The minimum atomic E-state index is -0.771. The molecule has 4 rings (SSSR count). The largest absolute Gasteiger partial charge is 0.370 e. The van der Waals surface area contributed by atoms with Gasteiger partial charge >= 0.3 is 0 Å². The van der Waals surface area contributed by atoms with Crippen molar-refractivity contribution in [3.63, 3.8) is 0 Å². The number of primary amides is 1. The number of rotatable bonds is 5. The van der Waals surface area contributed by atoms with Crippen LogP contribution in [0.15, 0.2) is 47.3 Å². The molecule has 160 valence electrons. The molecule has 1 aromatic heterocycles. The van der Waals surface area contributed by atoms with E-state index in [0.29, 0.717) is 16.1 Å². The minimum absolute atomic E-state index is 0.0558. The first-order valence-corrected chi connectivity index (χ1v) is 10.5. The Morgan fingerprint density at radius 2 is 1.77 bits per heavy atom. The van der Waals surface area contributed by atoms with Gasteiger partial charge in [-0.2, -0.15) is 5.10 Å². The summed E-state index contributed by atoms with van der Waals surface area (Å²) in [5.41, 5.74) is 6.36. The van der Waals surface area contributed by atoms with Crippen molar-refractivity contribution >= 4 is 45.6 Å². The molecule has 2 aromatic carbocycles. The van der Waals surface area contributed by atoms with Crippen LogP contribution in [0.1, 0.15) is 29.8 Å². The molecule has 0 saturated carbocycles. The van der Waals surface area contributed by atoms with Gasteiger partial charge in [0.1, 0.15) is 6.54 Å². The topological polar surface area (TPSA) is 110 Å². The summed E-state index contributed by atoms with van der Waals surface area (Å²) in [5, 5.41) is 8.01. The van der Waals surface area contributed by atoms with Crippen LogP contribution in [0, 0.1) is 0 Å². The van der Waals surface area contributed by atoms with Crippen LogP contribution in [-0.4, -0.2) is 34.7 Å². The first-order chi connectivity index (χ1) is 14.9. The molecule has 3 aromatic rings. The number of aromatic nitrogens is 2. The zero-order chi connectivity index (χ0) is 22.0. The van der Waals surface area contributed by atoms with Crippen LogP contribution in [0.2, 0.25) is 5.02 Å². The number of piperidine rings is 1. The van der Waals surface area contributed by atoms with Gasteiger partial charge in [0, 0.05) is 23.5 Å². The molecule has 2 heterocycles. The summed E-state index contributed by atoms with van der Waals surface area (Å²) in [6.07, 6.45) is 3.36. The molecule has 9 heteroatoms. The lowest BCUT2D eigenvalue weighted by atomic mass is 10.1. The average molecular weight is 440 g/mol. The number of carbonyl (C=O) groups excluding carboxylic acids is 2. The van der Waals surface area contributed by atoms with Crippen LogP contribution >= 0.6 is 11.6 Å². The number of amides is 2. The molecule has 31 heavy (non-hydrogen) atoms. The van der Waals surface area contributed by atoms with Crippen molar-refractivity contribution in [2.45, 2.75) is 25.8 Å². The highest BCUT2D eigenvalue weighted by atomic mass is 35.5. The number of halogens is 1. The second kappa shape index (κ2) is 8.77. The molecule has 0 spiro atoms. The van der Waals surface area contributed by atoms with E-state index in [2.05, 4.69) is 15.3 Å². The number of nitrogens with two attached hydrogens (primary N) is 1. The number of anilines is 2. The quantitative estimate of drug-likeness (QED) is 0.635. The lowest BCUT2D eigenvalue weighted by molar-refractivity contribution is -0.117. The maximum atomic E-state index is 12.8. The third kappa shape index (κ3) is 4.39. The van der Waals surface area contributed by atoms with Gasteiger partial charge in [-0.3, -0.25) is 14.4 Å². The molecular weight excluding hydrogens is 418 g/mol. The van der Waals surface area contributed by atoms with E-state index in [1.54, 1.807) is 36.4 Å². The summed E-state index contributed by atoms with van der Waals surface area (Å²) in [4.78, 5) is 39.7. The SMILES string of the molecule is NC(=O)c1nn(CC(=O)Nc2cc(Cl)ccc2N2CCCCC2)c(=O)c2ccccc12. The number of carbonyl (C=O) groups is 2. The number of nitrogens with one attached hydrogen (secondary N) is 1. The highest BCUT2D eigenvalue weighted by Gasteiger charge is 2.19. The third-order valence-corrected chi connectivity index (χ3v) is 5.56. The van der Waals surface area contributed by atoms with Crippen LogP contribution in [0.5, 0.6) is 0 Å². The van der Waals surface area contributed by atoms with E-state index < -0.39 is 17.4 Å². The average Bonchev–Trinajstić information content (AvgIpc) is 2.76. The Kier molecular flexibility index (Phi) is 5.90. The fourth-order valence-electron chi connectivity index (χ4n) is 3.87. The number of nitrogens with zero attached hydrogens (tertiary/aromatic N) is 3. The monoisotopic (exact) mass is 439 g/mol. The molecule has 2 amide bonds. The van der Waals surface area contributed by atoms with E-state index >= 15 is 0 Å². The van der Waals surface area contributed by atoms with Crippen LogP contribution in [0.3, 0.4) is 0 Å². The highest BCUT2D eigenvalue weighted by molar-refractivity contribution is 6.31. The predicted octanol–water partition coefficient (Wildman–Crippen LogP) is 2.78. The molecule has 1 fully saturated rings. The van der Waals surface area contributed by atoms with Crippen molar-refractivity contribution in [2.75, 3.05) is 23.3 Å². The van der Waals surface area contributed by atoms with Crippen molar-refractivity contribution < 1.29 is 9.59 Å². The molecule has 1 aliphatic heterocycles. The van der Waals surface area contributed by atoms with Gasteiger partial charge in [0.05, 0.1) is 16.8 Å². The molecule has 0 radical (unpaired) electrons. The Morgan fingerprint density at radius 1 is 1.06 bits per heavy atom. The van der Waals surface area contributed by atoms with Crippen molar-refractivity contribution in [1.29, 1.82) is 0 Å². The Balaban J connectivity index is 1.64. The summed E-state index contributed by atoms with van der Waals surface area (Å²) >= 11 is 6.16. The van der Waals surface area contributed by atoms with Gasteiger partial charge in [0.25, 0.3) is 11.5 Å². The van der Waals surface area contributed by atoms with E-state index in [9.17, 15) is 14.4 Å². The Bertz CT molecular complexity index is 1220. The molecule has 0 aliphatic carbocycles. The Hall–Kier alpha value is -3.39. The highest BCUT2D eigenvalue weighted by Crippen LogP contribution is 2.31. The zero-order valence-electron chi connectivity index (χ0n) is 16.8. The zero-order valence-corrected chi connectivity index (χ0v) is 17.6. The van der Waals surface area contributed by atoms with E-state index in [4.69, 9.17) is 17.3 Å². The molecule has 3 N–H and O–H groups in total. The van der Waals surface area contributed by atoms with Gasteiger partial charge < -0.3 is 16.0 Å². The van der Waals surface area contributed by atoms with Crippen LogP contribution < -0.4 is 21.5 Å². The van der Waals surface area contributed by atoms with Crippen LogP contribution in [0.4, 0.5) is 11.4 Å². The van der Waals surface area contributed by atoms with E-state index in [-0.39, 0.29) is 17.6 Å². The summed E-state index contributed by atoms with van der Waals surface area (Å²) < 4.78 is 0.961. The summed E-state index contributed by atoms with van der Waals surface area (Å²) in [7, 11) is 0. The van der Waals surface area contributed by atoms with Gasteiger partial charge in [-0.1, -0.05) is 29.8 Å². The van der Waals surface area contributed by atoms with Crippen LogP contribution in [-0.2, 0) is 11.3 Å². The number of benzene rings is 2. The van der Waals surface area contributed by atoms with Crippen molar-refractivity contribution in [1.82, 2.24) is 9.78 Å². The first-order valence-electron chi connectivity index (χ1n) is 10.1. The lowest BCUT2D eigenvalue weighted by Gasteiger charge is -2.30. The summed E-state index contributed by atoms with van der Waals surface area (Å²) in [6, 6.07) is 11.9. The Morgan fingerprint density at radius 3 is 2.48 bits per heavy atom. The smallest absolute Gasteiger partial charge is 0.275 e. The Labute approximate surface area is 183 Å². The molecule has 0 unspecified atom stereocenters. The number of hydrogen-bond acceptors (Lipinski definition) is 5. The number of hydrogen-bond donors (Lipinski definition) is 2. The molecule has 1 aliphatic rings. The fraction of sp³-hybridized carbons (Fsp3) is 0.273. The maximum Gasteiger partial charge on any atom is 0.275 e. The van der Waals surface area contributed by atoms with Crippen molar-refractivity contribution in [3.8, 4) is 0 Å². The third-order valence-electron chi connectivity index (χ3n) is 5.32. The number of fused-ring (bicyclic) bond motifs is 1. The molecule has 8 nitrogen and oxygen atoms in total. The fourth-order valence-corrected chi connectivity index (χ4v) is 4.04. The van der Waals surface area contributed by atoms with Crippen molar-refractivity contribution in [2.24, 2.45) is 5.73 Å². The standard InChI is InChI=1S/C22H22ClN5O3/c23-14-8-9-18(27-10-4-1-5-11-27)17(12-14)25-19(29)13-28-22(31)16-7-3-2-6-15(16)20(26-28)21(24)30/h2-3,6-9,12H,1,4-5,10-11,13H2,(H2,24,30)(H,25,29).